The van der Waals surface area contributed by atoms with Crippen molar-refractivity contribution in [2.75, 3.05) is 38.8 Å². The van der Waals surface area contributed by atoms with Gasteiger partial charge in [0.05, 0.1) is 4.90 Å². The summed E-state index contributed by atoms with van der Waals surface area (Å²) in [5.74, 6) is -0.629. The number of carbonyl (C=O) groups is 1. The summed E-state index contributed by atoms with van der Waals surface area (Å²) in [6.07, 6.45) is 1.41. The van der Waals surface area contributed by atoms with Gasteiger partial charge < -0.3 is 10.6 Å². The molecule has 2 N–H and O–H groups in total. The number of nitrogens with zero attached hydrogens (tertiary/aromatic N) is 1. The summed E-state index contributed by atoms with van der Waals surface area (Å²) in [6, 6.07) is 5.78. The summed E-state index contributed by atoms with van der Waals surface area (Å²) in [5.41, 5.74) is 0.245. The molecule has 8 nitrogen and oxygen atoms in total. The number of sulfone groups is 1. The predicted molar refractivity (Wildman–Crippen MR) is 95.6 cm³/mol. The van der Waals surface area contributed by atoms with E-state index < -0.39 is 30.5 Å². The van der Waals surface area contributed by atoms with Crippen LogP contribution >= 0.6 is 0 Å². The quantitative estimate of drug-likeness (QED) is 0.735. The zero-order valence-electron chi connectivity index (χ0n) is 14.4. The van der Waals surface area contributed by atoms with Crippen LogP contribution in [0.25, 0.3) is 0 Å². The number of hydrogen-bond donors (Lipinski definition) is 2. The van der Waals surface area contributed by atoms with Gasteiger partial charge in [0.15, 0.2) is 14.6 Å². The summed E-state index contributed by atoms with van der Waals surface area (Å²) >= 11 is 0. The molecule has 140 valence electrons. The lowest BCUT2D eigenvalue weighted by Crippen LogP contribution is -2.55. The Hall–Kier alpha value is -1.49. The Labute approximate surface area is 148 Å². The van der Waals surface area contributed by atoms with Crippen molar-refractivity contribution in [1.29, 1.82) is 0 Å². The number of rotatable bonds is 5. The van der Waals surface area contributed by atoms with Crippen molar-refractivity contribution in [3.05, 3.63) is 24.3 Å². The predicted octanol–water partition coefficient (Wildman–Crippen LogP) is 0.0422. The fraction of sp³-hybridized carbons (Fsp3) is 0.533. The van der Waals surface area contributed by atoms with Crippen molar-refractivity contribution in [3.8, 4) is 0 Å². The Kier molecular flexibility index (Phi) is 5.57. The first-order chi connectivity index (χ1) is 11.5. The highest BCUT2D eigenvalue weighted by molar-refractivity contribution is 7.93. The third kappa shape index (κ3) is 3.86. The van der Waals surface area contributed by atoms with E-state index in [9.17, 15) is 21.6 Å². The number of anilines is 1. The molecule has 0 spiro atoms. The standard InChI is InChI=1S/C15H23N3O5S2/c1-18(2)25(22,23)13-6-4-5-12(11-13)17-14(19)15(24(3,20)21)7-9-16-10-8-15/h4-6,11,16H,7-10H2,1-3H3,(H,17,19). The minimum absolute atomic E-state index is 0.0222. The van der Waals surface area contributed by atoms with Gasteiger partial charge in [-0.05, 0) is 44.1 Å². The Balaban J connectivity index is 2.34. The first-order valence-electron chi connectivity index (χ1n) is 7.75. The van der Waals surface area contributed by atoms with Gasteiger partial charge in [0.25, 0.3) is 0 Å². The second kappa shape index (κ2) is 7.02. The van der Waals surface area contributed by atoms with Crippen LogP contribution in [-0.2, 0) is 24.7 Å². The maximum Gasteiger partial charge on any atom is 0.245 e. The zero-order valence-corrected chi connectivity index (χ0v) is 16.1. The maximum absolute atomic E-state index is 12.8. The van der Waals surface area contributed by atoms with Crippen LogP contribution in [0, 0.1) is 0 Å². The van der Waals surface area contributed by atoms with E-state index in [0.717, 1.165) is 10.6 Å². The Bertz CT molecular complexity index is 857. The van der Waals surface area contributed by atoms with Gasteiger partial charge in [0, 0.05) is 26.0 Å². The van der Waals surface area contributed by atoms with Crippen LogP contribution in [0.15, 0.2) is 29.2 Å². The van der Waals surface area contributed by atoms with Crippen LogP contribution in [0.3, 0.4) is 0 Å². The molecule has 1 fully saturated rings. The van der Waals surface area contributed by atoms with Crippen LogP contribution in [0.2, 0.25) is 0 Å². The molecule has 0 aromatic heterocycles. The maximum atomic E-state index is 12.8. The fourth-order valence-corrected chi connectivity index (χ4v) is 5.07. The third-order valence-corrected chi connectivity index (χ3v) is 8.23. The highest BCUT2D eigenvalue weighted by Gasteiger charge is 2.48. The molecule has 1 aliphatic heterocycles. The van der Waals surface area contributed by atoms with E-state index in [1.165, 1.54) is 38.4 Å². The van der Waals surface area contributed by atoms with Crippen molar-refractivity contribution in [1.82, 2.24) is 9.62 Å². The van der Waals surface area contributed by atoms with Crippen molar-refractivity contribution >= 4 is 31.5 Å². The molecule has 1 aliphatic rings. The first kappa shape index (κ1) is 19.8. The lowest BCUT2D eigenvalue weighted by atomic mass is 9.95. The van der Waals surface area contributed by atoms with Crippen LogP contribution < -0.4 is 10.6 Å². The molecule has 1 heterocycles. The molecular weight excluding hydrogens is 366 g/mol. The summed E-state index contributed by atoms with van der Waals surface area (Å²) in [6.45, 7) is 0.852. The van der Waals surface area contributed by atoms with Crippen molar-refractivity contribution in [3.63, 3.8) is 0 Å². The summed E-state index contributed by atoms with van der Waals surface area (Å²) < 4.78 is 48.5. The number of nitrogens with one attached hydrogen (secondary N) is 2. The van der Waals surface area contributed by atoms with Crippen LogP contribution in [0.4, 0.5) is 5.69 Å². The van der Waals surface area contributed by atoms with Gasteiger partial charge in [-0.2, -0.15) is 0 Å². The SMILES string of the molecule is CN(C)S(=O)(=O)c1cccc(NC(=O)C2(S(C)(=O)=O)CCNCC2)c1. The largest absolute Gasteiger partial charge is 0.325 e. The Morgan fingerprint density at radius 3 is 2.28 bits per heavy atom. The number of amides is 1. The molecule has 1 amide bonds. The Morgan fingerprint density at radius 2 is 1.76 bits per heavy atom. The lowest BCUT2D eigenvalue weighted by Gasteiger charge is -2.34. The zero-order chi connectivity index (χ0) is 18.9. The van der Waals surface area contributed by atoms with E-state index in [0.29, 0.717) is 13.1 Å². The number of piperidine rings is 1. The van der Waals surface area contributed by atoms with E-state index in [2.05, 4.69) is 10.6 Å². The number of carbonyl (C=O) groups excluding carboxylic acids is 1. The van der Waals surface area contributed by atoms with Crippen LogP contribution in [0.1, 0.15) is 12.8 Å². The number of sulfonamides is 1. The molecule has 0 unspecified atom stereocenters. The summed E-state index contributed by atoms with van der Waals surface area (Å²) in [5, 5.41) is 5.62. The van der Waals surface area contributed by atoms with Gasteiger partial charge in [0.2, 0.25) is 15.9 Å². The molecule has 0 saturated carbocycles. The first-order valence-corrected chi connectivity index (χ1v) is 11.1. The van der Waals surface area contributed by atoms with Crippen molar-refractivity contribution in [2.45, 2.75) is 22.5 Å². The highest BCUT2D eigenvalue weighted by Crippen LogP contribution is 2.30. The molecule has 25 heavy (non-hydrogen) atoms. The van der Waals surface area contributed by atoms with Gasteiger partial charge in [-0.15, -0.1) is 0 Å². The third-order valence-electron chi connectivity index (χ3n) is 4.41. The van der Waals surface area contributed by atoms with Gasteiger partial charge in [0.1, 0.15) is 0 Å². The highest BCUT2D eigenvalue weighted by atomic mass is 32.2. The number of hydrogen-bond acceptors (Lipinski definition) is 6. The molecule has 1 saturated heterocycles. The monoisotopic (exact) mass is 389 g/mol. The van der Waals surface area contributed by atoms with E-state index in [1.54, 1.807) is 0 Å². The van der Waals surface area contributed by atoms with Crippen molar-refractivity contribution in [2.24, 2.45) is 0 Å². The van der Waals surface area contributed by atoms with Crippen LogP contribution in [-0.4, -0.2) is 65.2 Å². The topological polar surface area (TPSA) is 113 Å². The minimum Gasteiger partial charge on any atom is -0.325 e. The van der Waals surface area contributed by atoms with Gasteiger partial charge in [-0.25, -0.2) is 21.1 Å². The molecule has 10 heteroatoms. The van der Waals surface area contributed by atoms with Gasteiger partial charge >= 0.3 is 0 Å². The fourth-order valence-electron chi connectivity index (χ4n) is 2.79. The van der Waals surface area contributed by atoms with E-state index >= 15 is 0 Å². The van der Waals surface area contributed by atoms with E-state index in [-0.39, 0.29) is 23.4 Å². The molecule has 1 aromatic rings. The van der Waals surface area contributed by atoms with E-state index in [4.69, 9.17) is 0 Å². The molecule has 1 aromatic carbocycles. The molecule has 0 atom stereocenters. The lowest BCUT2D eigenvalue weighted by molar-refractivity contribution is -0.119. The van der Waals surface area contributed by atoms with E-state index in [1.807, 2.05) is 0 Å². The average Bonchev–Trinajstić information content (AvgIpc) is 2.54. The van der Waals surface area contributed by atoms with Gasteiger partial charge in [-0.1, -0.05) is 6.07 Å². The molecule has 0 aliphatic carbocycles. The smallest absolute Gasteiger partial charge is 0.245 e. The second-order valence-corrected chi connectivity index (χ2v) is 10.8. The minimum atomic E-state index is -3.65. The molecule has 0 radical (unpaired) electrons. The molecule has 0 bridgehead atoms. The number of benzene rings is 1. The summed E-state index contributed by atoms with van der Waals surface area (Å²) in [7, 11) is -4.47. The molecule has 2 rings (SSSR count). The summed E-state index contributed by atoms with van der Waals surface area (Å²) in [4.78, 5) is 12.8. The normalized spacial score (nSPS) is 18.1. The van der Waals surface area contributed by atoms with Gasteiger partial charge in [-0.3, -0.25) is 4.79 Å². The second-order valence-electron chi connectivity index (χ2n) is 6.29. The average molecular weight is 389 g/mol. The van der Waals surface area contributed by atoms with Crippen LogP contribution in [0.5, 0.6) is 0 Å². The Morgan fingerprint density at radius 1 is 1.16 bits per heavy atom. The molecular formula is C15H23N3O5S2. The van der Waals surface area contributed by atoms with Crippen molar-refractivity contribution < 1.29 is 21.6 Å².